The molecule has 0 spiro atoms. The van der Waals surface area contributed by atoms with Gasteiger partial charge in [0.15, 0.2) is 0 Å². The summed E-state index contributed by atoms with van der Waals surface area (Å²) in [6, 6.07) is 1.83. The first-order chi connectivity index (χ1) is 12.0. The van der Waals surface area contributed by atoms with Crippen molar-refractivity contribution in [3.05, 3.63) is 33.8 Å². The van der Waals surface area contributed by atoms with Crippen molar-refractivity contribution >= 4 is 23.2 Å². The highest BCUT2D eigenvalue weighted by molar-refractivity contribution is 7.12. The second-order valence-corrected chi connectivity index (χ2v) is 7.16. The zero-order valence-electron chi connectivity index (χ0n) is 14.5. The van der Waals surface area contributed by atoms with Gasteiger partial charge in [0.25, 0.3) is 5.91 Å². The first kappa shape index (κ1) is 17.6. The molecule has 0 unspecified atom stereocenters. The van der Waals surface area contributed by atoms with Crippen molar-refractivity contribution in [2.75, 3.05) is 20.6 Å². The number of likely N-dealkylation sites (N-methyl/N-ethyl adjacent to an activating group) is 1. The van der Waals surface area contributed by atoms with Crippen molar-refractivity contribution in [3.8, 4) is 0 Å². The SMILES string of the molecule is CNC(=O)[C@@H]1C[C@H](n2cc(CN(C)C(=O)c3sccc3C)nn2)CN1. The molecule has 0 aliphatic carbocycles. The lowest BCUT2D eigenvalue weighted by Gasteiger charge is -2.15. The number of nitrogens with one attached hydrogen (secondary N) is 2. The largest absolute Gasteiger partial charge is 0.358 e. The minimum atomic E-state index is -0.200. The van der Waals surface area contributed by atoms with E-state index in [0.717, 1.165) is 16.1 Å². The van der Waals surface area contributed by atoms with Gasteiger partial charge in [0, 0.05) is 20.6 Å². The molecule has 25 heavy (non-hydrogen) atoms. The molecule has 3 heterocycles. The highest BCUT2D eigenvalue weighted by Crippen LogP contribution is 2.20. The van der Waals surface area contributed by atoms with E-state index < -0.39 is 0 Å². The van der Waals surface area contributed by atoms with Crippen LogP contribution in [-0.2, 0) is 11.3 Å². The van der Waals surface area contributed by atoms with Crippen LogP contribution in [0.5, 0.6) is 0 Å². The normalized spacial score (nSPS) is 19.8. The molecule has 1 aliphatic rings. The van der Waals surface area contributed by atoms with Gasteiger partial charge in [0.1, 0.15) is 5.69 Å². The van der Waals surface area contributed by atoms with Gasteiger partial charge in [-0.1, -0.05) is 5.21 Å². The van der Waals surface area contributed by atoms with Crippen LogP contribution >= 0.6 is 11.3 Å². The summed E-state index contributed by atoms with van der Waals surface area (Å²) in [4.78, 5) is 26.6. The zero-order chi connectivity index (χ0) is 18.0. The summed E-state index contributed by atoms with van der Waals surface area (Å²) >= 11 is 1.45. The maximum atomic E-state index is 12.5. The number of nitrogens with zero attached hydrogens (tertiary/aromatic N) is 4. The summed E-state index contributed by atoms with van der Waals surface area (Å²) in [6.45, 7) is 3.00. The van der Waals surface area contributed by atoms with Gasteiger partial charge in [-0.25, -0.2) is 4.68 Å². The molecule has 9 heteroatoms. The Bertz CT molecular complexity index is 770. The van der Waals surface area contributed by atoms with Gasteiger partial charge < -0.3 is 15.5 Å². The molecule has 1 saturated heterocycles. The first-order valence-corrected chi connectivity index (χ1v) is 9.02. The topological polar surface area (TPSA) is 92.2 Å². The van der Waals surface area contributed by atoms with Gasteiger partial charge in [-0.2, -0.15) is 0 Å². The molecule has 2 atom stereocenters. The fourth-order valence-corrected chi connectivity index (χ4v) is 3.86. The van der Waals surface area contributed by atoms with E-state index in [0.29, 0.717) is 19.5 Å². The first-order valence-electron chi connectivity index (χ1n) is 8.15. The molecule has 1 fully saturated rings. The predicted molar refractivity (Wildman–Crippen MR) is 94.4 cm³/mol. The van der Waals surface area contributed by atoms with Crippen molar-refractivity contribution in [2.24, 2.45) is 0 Å². The molecule has 134 valence electrons. The Labute approximate surface area is 150 Å². The number of carbonyl (C=O) groups is 2. The number of carbonyl (C=O) groups excluding carboxylic acids is 2. The van der Waals surface area contributed by atoms with E-state index in [2.05, 4.69) is 20.9 Å². The molecule has 2 aromatic rings. The van der Waals surface area contributed by atoms with E-state index >= 15 is 0 Å². The standard InChI is InChI=1S/C16H22N6O2S/c1-10-4-5-25-14(10)16(24)21(3)8-11-9-22(20-19-11)12-6-13(18-7-12)15(23)17-2/h4-5,9,12-13,18H,6-8H2,1-3H3,(H,17,23)/t12-,13-/m0/s1. The van der Waals surface area contributed by atoms with Gasteiger partial charge in [-0.05, 0) is 30.4 Å². The van der Waals surface area contributed by atoms with Crippen LogP contribution in [0.15, 0.2) is 17.6 Å². The number of aryl methyl sites for hydroxylation is 1. The lowest BCUT2D eigenvalue weighted by Crippen LogP contribution is -2.38. The maximum absolute atomic E-state index is 12.5. The number of thiophene rings is 1. The summed E-state index contributed by atoms with van der Waals surface area (Å²) in [5.74, 6) is -0.0243. The summed E-state index contributed by atoms with van der Waals surface area (Å²) in [7, 11) is 3.40. The third-order valence-corrected chi connectivity index (χ3v) is 5.41. The average molecular weight is 362 g/mol. The van der Waals surface area contributed by atoms with Crippen molar-refractivity contribution in [1.82, 2.24) is 30.5 Å². The predicted octanol–water partition coefficient (Wildman–Crippen LogP) is 0.569. The molecule has 2 aromatic heterocycles. The number of hydrogen-bond acceptors (Lipinski definition) is 6. The lowest BCUT2D eigenvalue weighted by molar-refractivity contribution is -0.122. The highest BCUT2D eigenvalue weighted by Gasteiger charge is 2.30. The number of rotatable bonds is 5. The summed E-state index contributed by atoms with van der Waals surface area (Å²) < 4.78 is 1.78. The van der Waals surface area contributed by atoms with Crippen LogP contribution in [0.4, 0.5) is 0 Å². The van der Waals surface area contributed by atoms with Crippen LogP contribution in [0.1, 0.15) is 33.4 Å². The third-order valence-electron chi connectivity index (χ3n) is 4.40. The van der Waals surface area contributed by atoms with Crippen LogP contribution in [0.2, 0.25) is 0 Å². The Morgan fingerprint density at radius 1 is 1.52 bits per heavy atom. The highest BCUT2D eigenvalue weighted by atomic mass is 32.1. The quantitative estimate of drug-likeness (QED) is 0.811. The monoisotopic (exact) mass is 362 g/mol. The Morgan fingerprint density at radius 3 is 3.00 bits per heavy atom. The van der Waals surface area contributed by atoms with Crippen molar-refractivity contribution in [1.29, 1.82) is 0 Å². The van der Waals surface area contributed by atoms with Crippen LogP contribution in [0.3, 0.4) is 0 Å². The Kier molecular flexibility index (Phi) is 5.14. The van der Waals surface area contributed by atoms with Gasteiger partial charge in [0.2, 0.25) is 5.91 Å². The van der Waals surface area contributed by atoms with E-state index in [1.165, 1.54) is 11.3 Å². The van der Waals surface area contributed by atoms with Gasteiger partial charge in [-0.15, -0.1) is 16.4 Å². The van der Waals surface area contributed by atoms with E-state index in [9.17, 15) is 9.59 Å². The number of amides is 2. The summed E-state index contributed by atoms with van der Waals surface area (Å²) in [6.07, 6.45) is 2.52. The molecule has 0 bridgehead atoms. The molecule has 0 aromatic carbocycles. The van der Waals surface area contributed by atoms with Crippen molar-refractivity contribution < 1.29 is 9.59 Å². The summed E-state index contributed by atoms with van der Waals surface area (Å²) in [5.41, 5.74) is 1.72. The smallest absolute Gasteiger partial charge is 0.264 e. The van der Waals surface area contributed by atoms with E-state index in [1.807, 2.05) is 24.6 Å². The maximum Gasteiger partial charge on any atom is 0.264 e. The second kappa shape index (κ2) is 7.32. The van der Waals surface area contributed by atoms with E-state index in [4.69, 9.17) is 0 Å². The molecular weight excluding hydrogens is 340 g/mol. The molecule has 2 N–H and O–H groups in total. The molecule has 3 rings (SSSR count). The Morgan fingerprint density at radius 2 is 2.32 bits per heavy atom. The van der Waals surface area contributed by atoms with E-state index in [1.54, 1.807) is 23.7 Å². The van der Waals surface area contributed by atoms with Crippen LogP contribution < -0.4 is 10.6 Å². The number of hydrogen-bond donors (Lipinski definition) is 2. The van der Waals surface area contributed by atoms with Gasteiger partial charge in [0.05, 0.1) is 29.7 Å². The molecule has 8 nitrogen and oxygen atoms in total. The van der Waals surface area contributed by atoms with Crippen LogP contribution in [0.25, 0.3) is 0 Å². The Hall–Kier alpha value is -2.26. The Balaban J connectivity index is 1.61. The minimum Gasteiger partial charge on any atom is -0.358 e. The zero-order valence-corrected chi connectivity index (χ0v) is 15.3. The van der Waals surface area contributed by atoms with Crippen LogP contribution in [0, 0.1) is 6.92 Å². The van der Waals surface area contributed by atoms with E-state index in [-0.39, 0.29) is 23.9 Å². The van der Waals surface area contributed by atoms with Gasteiger partial charge >= 0.3 is 0 Å². The molecular formula is C16H22N6O2S. The van der Waals surface area contributed by atoms with Crippen molar-refractivity contribution in [2.45, 2.75) is 32.0 Å². The molecule has 0 radical (unpaired) electrons. The van der Waals surface area contributed by atoms with Crippen molar-refractivity contribution in [3.63, 3.8) is 0 Å². The van der Waals surface area contributed by atoms with Crippen LogP contribution in [-0.4, -0.2) is 58.4 Å². The fraction of sp³-hybridized carbons (Fsp3) is 0.500. The average Bonchev–Trinajstić information content (AvgIpc) is 3.33. The fourth-order valence-electron chi connectivity index (χ4n) is 2.94. The second-order valence-electron chi connectivity index (χ2n) is 6.25. The minimum absolute atomic E-state index is 0.00994. The number of aromatic nitrogens is 3. The summed E-state index contributed by atoms with van der Waals surface area (Å²) in [5, 5.41) is 16.1. The third kappa shape index (κ3) is 3.72. The lowest BCUT2D eigenvalue weighted by atomic mass is 10.1. The molecule has 1 aliphatic heterocycles. The molecule has 0 saturated carbocycles. The van der Waals surface area contributed by atoms with Gasteiger partial charge in [-0.3, -0.25) is 9.59 Å². The molecule has 2 amide bonds.